The summed E-state index contributed by atoms with van der Waals surface area (Å²) in [7, 11) is 0. The number of hydrogen-bond donors (Lipinski definition) is 2. The van der Waals surface area contributed by atoms with E-state index in [1.165, 1.54) is 6.42 Å². The number of imidazole rings is 1. The van der Waals surface area contributed by atoms with Gasteiger partial charge in [-0.3, -0.25) is 0 Å². The van der Waals surface area contributed by atoms with Crippen molar-refractivity contribution < 1.29 is 0 Å². The molecule has 3 heteroatoms. The first-order valence-electron chi connectivity index (χ1n) is 4.90. The molecule has 0 aromatic carbocycles. The van der Waals surface area contributed by atoms with Crippen molar-refractivity contribution in [3.63, 3.8) is 0 Å². The van der Waals surface area contributed by atoms with E-state index in [0.29, 0.717) is 6.04 Å². The molecule has 0 spiro atoms. The molecule has 13 heavy (non-hydrogen) atoms. The maximum absolute atomic E-state index is 4.15. The molecule has 74 valence electrons. The zero-order chi connectivity index (χ0) is 9.68. The van der Waals surface area contributed by atoms with Crippen molar-refractivity contribution in [2.75, 3.05) is 0 Å². The Morgan fingerprint density at radius 2 is 2.23 bits per heavy atom. The Labute approximate surface area is 80.0 Å². The van der Waals surface area contributed by atoms with Gasteiger partial charge in [-0.1, -0.05) is 13.8 Å². The lowest BCUT2D eigenvalue weighted by atomic mass is 10.1. The van der Waals surface area contributed by atoms with E-state index in [9.17, 15) is 0 Å². The molecule has 0 saturated carbocycles. The molecule has 0 radical (unpaired) electrons. The quantitative estimate of drug-likeness (QED) is 0.728. The van der Waals surface area contributed by atoms with Crippen LogP contribution >= 0.6 is 0 Å². The molecule has 0 bridgehead atoms. The Morgan fingerprint density at radius 1 is 1.46 bits per heavy atom. The number of nitrogens with zero attached hydrogens (tertiary/aromatic N) is 1. The monoisotopic (exact) mass is 181 g/mol. The van der Waals surface area contributed by atoms with E-state index >= 15 is 0 Å². The fourth-order valence-electron chi connectivity index (χ4n) is 1.46. The third-order valence-corrected chi connectivity index (χ3v) is 2.00. The second kappa shape index (κ2) is 5.02. The van der Waals surface area contributed by atoms with Gasteiger partial charge in [-0.15, -0.1) is 0 Å². The molecule has 1 heterocycles. The highest BCUT2D eigenvalue weighted by Gasteiger charge is 2.04. The maximum Gasteiger partial charge on any atom is 0.120 e. The summed E-state index contributed by atoms with van der Waals surface area (Å²) in [6.07, 6.45) is 4.84. The van der Waals surface area contributed by atoms with E-state index in [2.05, 4.69) is 36.1 Å². The third-order valence-electron chi connectivity index (χ3n) is 2.00. The summed E-state index contributed by atoms with van der Waals surface area (Å²) in [5, 5.41) is 3.42. The lowest BCUT2D eigenvalue weighted by Crippen LogP contribution is -2.27. The molecular formula is C10H19N3. The number of hydrogen-bond acceptors (Lipinski definition) is 2. The van der Waals surface area contributed by atoms with E-state index in [-0.39, 0.29) is 0 Å². The van der Waals surface area contributed by atoms with E-state index < -0.39 is 0 Å². The Morgan fingerprint density at radius 3 is 2.77 bits per heavy atom. The first kappa shape index (κ1) is 10.3. The predicted molar refractivity (Wildman–Crippen MR) is 54.3 cm³/mol. The Kier molecular flexibility index (Phi) is 3.96. The molecule has 0 aliphatic carbocycles. The van der Waals surface area contributed by atoms with Crippen LogP contribution in [0.25, 0.3) is 0 Å². The summed E-state index contributed by atoms with van der Waals surface area (Å²) in [6.45, 7) is 7.53. The summed E-state index contributed by atoms with van der Waals surface area (Å²) >= 11 is 0. The van der Waals surface area contributed by atoms with Crippen LogP contribution < -0.4 is 5.32 Å². The molecule has 0 aliphatic heterocycles. The van der Waals surface area contributed by atoms with Crippen LogP contribution in [0.15, 0.2) is 12.4 Å². The van der Waals surface area contributed by atoms with Crippen LogP contribution in [0, 0.1) is 5.92 Å². The van der Waals surface area contributed by atoms with Gasteiger partial charge in [0, 0.05) is 18.4 Å². The lowest BCUT2D eigenvalue weighted by molar-refractivity contribution is 0.437. The van der Waals surface area contributed by atoms with Crippen LogP contribution in [-0.4, -0.2) is 16.0 Å². The van der Waals surface area contributed by atoms with Gasteiger partial charge in [0.05, 0.1) is 6.54 Å². The van der Waals surface area contributed by atoms with Gasteiger partial charge >= 0.3 is 0 Å². The second-order valence-electron chi connectivity index (χ2n) is 3.95. The molecule has 1 rings (SSSR count). The van der Waals surface area contributed by atoms with Crippen LogP contribution in [0.4, 0.5) is 0 Å². The first-order valence-corrected chi connectivity index (χ1v) is 4.90. The fraction of sp³-hybridized carbons (Fsp3) is 0.700. The fourth-order valence-corrected chi connectivity index (χ4v) is 1.46. The van der Waals surface area contributed by atoms with Gasteiger partial charge < -0.3 is 10.3 Å². The van der Waals surface area contributed by atoms with E-state index in [1.54, 1.807) is 6.20 Å². The van der Waals surface area contributed by atoms with Crippen LogP contribution in [0.1, 0.15) is 33.0 Å². The number of nitrogens with one attached hydrogen (secondary N) is 2. The minimum atomic E-state index is 0.560. The number of H-pyrrole nitrogens is 1. The van der Waals surface area contributed by atoms with Gasteiger partial charge in [0.1, 0.15) is 5.82 Å². The predicted octanol–water partition coefficient (Wildman–Crippen LogP) is 1.93. The molecule has 3 nitrogen and oxygen atoms in total. The maximum atomic E-state index is 4.15. The molecule has 0 unspecified atom stereocenters. The molecule has 0 fully saturated rings. The largest absolute Gasteiger partial charge is 0.348 e. The molecule has 1 atom stereocenters. The summed E-state index contributed by atoms with van der Waals surface area (Å²) in [4.78, 5) is 7.22. The average molecular weight is 181 g/mol. The van der Waals surface area contributed by atoms with Crippen LogP contribution in [-0.2, 0) is 6.54 Å². The van der Waals surface area contributed by atoms with Crippen molar-refractivity contribution in [3.8, 4) is 0 Å². The zero-order valence-electron chi connectivity index (χ0n) is 8.67. The third kappa shape index (κ3) is 4.08. The number of rotatable bonds is 5. The smallest absolute Gasteiger partial charge is 0.120 e. The van der Waals surface area contributed by atoms with E-state index in [1.807, 2.05) is 6.20 Å². The summed E-state index contributed by atoms with van der Waals surface area (Å²) < 4.78 is 0. The van der Waals surface area contributed by atoms with Crippen LogP contribution in [0.2, 0.25) is 0 Å². The highest BCUT2D eigenvalue weighted by molar-refractivity contribution is 4.86. The zero-order valence-corrected chi connectivity index (χ0v) is 8.67. The normalized spacial score (nSPS) is 13.5. The van der Waals surface area contributed by atoms with Crippen molar-refractivity contribution in [1.82, 2.24) is 15.3 Å². The van der Waals surface area contributed by atoms with E-state index in [0.717, 1.165) is 18.3 Å². The molecular weight excluding hydrogens is 162 g/mol. The van der Waals surface area contributed by atoms with Gasteiger partial charge in [-0.25, -0.2) is 4.98 Å². The van der Waals surface area contributed by atoms with Crippen molar-refractivity contribution in [2.24, 2.45) is 5.92 Å². The van der Waals surface area contributed by atoms with Crippen LogP contribution in [0.5, 0.6) is 0 Å². The van der Waals surface area contributed by atoms with Gasteiger partial charge in [-0.2, -0.15) is 0 Å². The molecule has 1 aromatic heterocycles. The van der Waals surface area contributed by atoms with E-state index in [4.69, 9.17) is 0 Å². The second-order valence-corrected chi connectivity index (χ2v) is 3.95. The van der Waals surface area contributed by atoms with Crippen LogP contribution in [0.3, 0.4) is 0 Å². The minimum absolute atomic E-state index is 0.560. The highest BCUT2D eigenvalue weighted by atomic mass is 15.0. The average Bonchev–Trinajstić information content (AvgIpc) is 2.51. The van der Waals surface area contributed by atoms with Crippen molar-refractivity contribution in [2.45, 2.75) is 39.8 Å². The number of aromatic amines is 1. The van der Waals surface area contributed by atoms with Gasteiger partial charge in [-0.05, 0) is 19.3 Å². The highest BCUT2D eigenvalue weighted by Crippen LogP contribution is 2.03. The summed E-state index contributed by atoms with van der Waals surface area (Å²) in [5.41, 5.74) is 0. The summed E-state index contributed by atoms with van der Waals surface area (Å²) in [6, 6.07) is 0.560. The molecule has 0 saturated heterocycles. The summed E-state index contributed by atoms with van der Waals surface area (Å²) in [5.74, 6) is 1.76. The standard InChI is InChI=1S/C10H19N3/c1-8(2)6-9(3)13-7-10-11-4-5-12-10/h4-5,8-9,13H,6-7H2,1-3H3,(H,11,12)/t9-/m1/s1. The Hall–Kier alpha value is -0.830. The first-order chi connectivity index (χ1) is 6.18. The number of aromatic nitrogens is 2. The molecule has 0 aliphatic rings. The van der Waals surface area contributed by atoms with Crippen molar-refractivity contribution in [3.05, 3.63) is 18.2 Å². The van der Waals surface area contributed by atoms with Gasteiger partial charge in [0.2, 0.25) is 0 Å². The van der Waals surface area contributed by atoms with Gasteiger partial charge in [0.15, 0.2) is 0 Å². The minimum Gasteiger partial charge on any atom is -0.348 e. The lowest BCUT2D eigenvalue weighted by Gasteiger charge is -2.14. The van der Waals surface area contributed by atoms with Gasteiger partial charge in [0.25, 0.3) is 0 Å². The topological polar surface area (TPSA) is 40.7 Å². The molecule has 0 amide bonds. The Balaban J connectivity index is 2.19. The van der Waals surface area contributed by atoms with Crippen molar-refractivity contribution >= 4 is 0 Å². The molecule has 2 N–H and O–H groups in total. The van der Waals surface area contributed by atoms with Crippen molar-refractivity contribution in [1.29, 1.82) is 0 Å². The Bertz CT molecular complexity index is 216. The SMILES string of the molecule is CC(C)C[C@@H](C)NCc1ncc[nH]1. The molecule has 1 aromatic rings.